The minimum atomic E-state index is -3.94. The summed E-state index contributed by atoms with van der Waals surface area (Å²) in [6.07, 6.45) is 4.41. The maximum atomic E-state index is 12.9. The first-order valence-corrected chi connectivity index (χ1v) is 9.94. The molecule has 0 saturated carbocycles. The topological polar surface area (TPSA) is 93.7 Å². The van der Waals surface area contributed by atoms with Crippen LogP contribution < -0.4 is 14.4 Å². The van der Waals surface area contributed by atoms with E-state index in [2.05, 4.69) is 14.7 Å². The van der Waals surface area contributed by atoms with Gasteiger partial charge in [0.05, 0.1) is 48.6 Å². The van der Waals surface area contributed by atoms with E-state index in [1.165, 1.54) is 18.5 Å². The zero-order valence-electron chi connectivity index (χ0n) is 14.2. The lowest BCUT2D eigenvalue weighted by Gasteiger charge is -2.29. The van der Waals surface area contributed by atoms with E-state index in [1.54, 1.807) is 19.2 Å². The molecule has 1 fully saturated rings. The van der Waals surface area contributed by atoms with Gasteiger partial charge < -0.3 is 14.4 Å². The molecule has 3 heterocycles. The van der Waals surface area contributed by atoms with Crippen LogP contribution >= 0.6 is 11.6 Å². The Kier molecular flexibility index (Phi) is 5.80. The van der Waals surface area contributed by atoms with Gasteiger partial charge in [0.15, 0.2) is 4.90 Å². The van der Waals surface area contributed by atoms with Crippen molar-refractivity contribution in [2.24, 2.45) is 0 Å². The maximum Gasteiger partial charge on any atom is 0.267 e. The summed E-state index contributed by atoms with van der Waals surface area (Å²) >= 11 is 5.87. The van der Waals surface area contributed by atoms with Crippen LogP contribution in [0.1, 0.15) is 6.92 Å². The predicted octanol–water partition coefficient (Wildman–Crippen LogP) is 2.17. The van der Waals surface area contributed by atoms with Gasteiger partial charge in [-0.15, -0.1) is 0 Å². The van der Waals surface area contributed by atoms with E-state index in [0.29, 0.717) is 43.6 Å². The summed E-state index contributed by atoms with van der Waals surface area (Å²) in [5, 5.41) is 0.329. The molecular formula is C16H19ClN4O4S. The molecule has 1 saturated heterocycles. The van der Waals surface area contributed by atoms with Crippen molar-refractivity contribution in [2.75, 3.05) is 42.5 Å². The number of anilines is 2. The molecule has 1 N–H and O–H groups in total. The Hall–Kier alpha value is -2.10. The molecule has 26 heavy (non-hydrogen) atoms. The van der Waals surface area contributed by atoms with Crippen molar-refractivity contribution in [3.63, 3.8) is 0 Å². The van der Waals surface area contributed by atoms with E-state index >= 15 is 0 Å². The van der Waals surface area contributed by atoms with Crippen LogP contribution in [0.2, 0.25) is 5.02 Å². The molecule has 3 rings (SSSR count). The second kappa shape index (κ2) is 8.07. The Morgan fingerprint density at radius 2 is 2.04 bits per heavy atom. The summed E-state index contributed by atoms with van der Waals surface area (Å²) in [4.78, 5) is 10.1. The van der Waals surface area contributed by atoms with E-state index in [1.807, 2.05) is 4.90 Å². The first kappa shape index (κ1) is 18.7. The summed E-state index contributed by atoms with van der Waals surface area (Å²) in [5.74, 6) is 0.0481. The molecular weight excluding hydrogens is 380 g/mol. The van der Waals surface area contributed by atoms with Gasteiger partial charge in [0.1, 0.15) is 0 Å². The third-order valence-electron chi connectivity index (χ3n) is 3.71. The minimum absolute atomic E-state index is 0.0386. The summed E-state index contributed by atoms with van der Waals surface area (Å²) in [6.45, 7) is 4.57. The van der Waals surface area contributed by atoms with Crippen LogP contribution in [0, 0.1) is 0 Å². The molecule has 0 amide bonds. The number of nitrogens with zero attached hydrogens (tertiary/aromatic N) is 3. The third-order valence-corrected chi connectivity index (χ3v) is 5.29. The van der Waals surface area contributed by atoms with Crippen LogP contribution in [0.15, 0.2) is 35.6 Å². The van der Waals surface area contributed by atoms with Crippen LogP contribution in [-0.2, 0) is 14.8 Å². The molecule has 10 heteroatoms. The van der Waals surface area contributed by atoms with Gasteiger partial charge in [-0.3, -0.25) is 9.71 Å². The number of aromatic nitrogens is 2. The van der Waals surface area contributed by atoms with Crippen molar-refractivity contribution in [3.8, 4) is 5.88 Å². The molecule has 2 aromatic rings. The highest BCUT2D eigenvalue weighted by Crippen LogP contribution is 2.29. The number of hydrogen-bond donors (Lipinski definition) is 1. The summed E-state index contributed by atoms with van der Waals surface area (Å²) < 4.78 is 39.0. The van der Waals surface area contributed by atoms with E-state index in [-0.39, 0.29) is 16.5 Å². The molecule has 1 aliphatic heterocycles. The number of nitrogens with one attached hydrogen (secondary N) is 1. The summed E-state index contributed by atoms with van der Waals surface area (Å²) in [6, 6.07) is 3.04. The first-order valence-electron chi connectivity index (χ1n) is 8.08. The number of rotatable bonds is 6. The van der Waals surface area contributed by atoms with Crippen molar-refractivity contribution in [1.82, 2.24) is 9.97 Å². The molecule has 0 atom stereocenters. The van der Waals surface area contributed by atoms with Crippen LogP contribution in [0.4, 0.5) is 11.4 Å². The van der Waals surface area contributed by atoms with Crippen LogP contribution in [0.25, 0.3) is 0 Å². The zero-order chi connectivity index (χ0) is 18.6. The Balaban J connectivity index is 1.96. The van der Waals surface area contributed by atoms with E-state index in [0.717, 1.165) is 0 Å². The molecule has 0 spiro atoms. The monoisotopic (exact) mass is 398 g/mol. The van der Waals surface area contributed by atoms with E-state index in [9.17, 15) is 8.42 Å². The van der Waals surface area contributed by atoms with Crippen molar-refractivity contribution >= 4 is 33.0 Å². The summed E-state index contributed by atoms with van der Waals surface area (Å²) in [5.41, 5.74) is 0.957. The van der Waals surface area contributed by atoms with Crippen molar-refractivity contribution < 1.29 is 17.9 Å². The Morgan fingerprint density at radius 1 is 1.27 bits per heavy atom. The average Bonchev–Trinajstić information content (AvgIpc) is 2.62. The lowest BCUT2D eigenvalue weighted by molar-refractivity contribution is 0.122. The molecule has 0 unspecified atom stereocenters. The smallest absolute Gasteiger partial charge is 0.267 e. The van der Waals surface area contributed by atoms with Gasteiger partial charge in [-0.05, 0) is 19.1 Å². The maximum absolute atomic E-state index is 12.9. The Labute approximate surface area is 157 Å². The Bertz CT molecular complexity index is 872. The highest BCUT2D eigenvalue weighted by Gasteiger charge is 2.24. The molecule has 140 valence electrons. The fourth-order valence-electron chi connectivity index (χ4n) is 2.53. The molecule has 8 nitrogen and oxygen atoms in total. The van der Waals surface area contributed by atoms with Crippen LogP contribution in [0.5, 0.6) is 5.88 Å². The normalized spacial score (nSPS) is 14.9. The number of sulfonamides is 1. The molecule has 0 aliphatic carbocycles. The van der Waals surface area contributed by atoms with Crippen molar-refractivity contribution in [2.45, 2.75) is 11.8 Å². The van der Waals surface area contributed by atoms with Crippen molar-refractivity contribution in [1.29, 1.82) is 0 Å². The molecule has 1 aliphatic rings. The van der Waals surface area contributed by atoms with Gasteiger partial charge in [0.2, 0.25) is 5.88 Å². The fourth-order valence-corrected chi connectivity index (χ4v) is 3.85. The predicted molar refractivity (Wildman–Crippen MR) is 98.5 cm³/mol. The van der Waals surface area contributed by atoms with Crippen molar-refractivity contribution in [3.05, 3.63) is 35.7 Å². The van der Waals surface area contributed by atoms with Gasteiger partial charge in [0, 0.05) is 19.3 Å². The molecule has 2 aromatic heterocycles. The summed E-state index contributed by atoms with van der Waals surface area (Å²) in [7, 11) is -3.94. The minimum Gasteiger partial charge on any atom is -0.477 e. The largest absolute Gasteiger partial charge is 0.477 e. The SMILES string of the molecule is CCOc1ncc(N2CCOCC2)cc1S(=O)(=O)Nc1cncc(Cl)c1. The van der Waals surface area contributed by atoms with Crippen LogP contribution in [-0.4, -0.2) is 51.3 Å². The second-order valence-electron chi connectivity index (χ2n) is 5.53. The number of hydrogen-bond acceptors (Lipinski definition) is 7. The fraction of sp³-hybridized carbons (Fsp3) is 0.375. The highest BCUT2D eigenvalue weighted by molar-refractivity contribution is 7.92. The first-order chi connectivity index (χ1) is 12.5. The highest BCUT2D eigenvalue weighted by atomic mass is 35.5. The average molecular weight is 399 g/mol. The zero-order valence-corrected chi connectivity index (χ0v) is 15.8. The standard InChI is InChI=1S/C16H19ClN4O4S/c1-2-25-16-15(8-14(11-19-16)21-3-5-24-6-4-21)26(22,23)20-13-7-12(17)9-18-10-13/h7-11,20H,2-6H2,1H3. The van der Waals surface area contributed by atoms with Gasteiger partial charge in [-0.2, -0.15) is 0 Å². The third kappa shape index (κ3) is 4.35. The number of ether oxygens (including phenoxy) is 2. The lowest BCUT2D eigenvalue weighted by atomic mass is 10.3. The van der Waals surface area contributed by atoms with E-state index in [4.69, 9.17) is 21.1 Å². The Morgan fingerprint density at radius 3 is 2.73 bits per heavy atom. The molecule has 0 bridgehead atoms. The number of halogens is 1. The molecule has 0 aromatic carbocycles. The number of morpholine rings is 1. The molecule has 0 radical (unpaired) electrons. The van der Waals surface area contributed by atoms with Gasteiger partial charge in [-0.25, -0.2) is 13.4 Å². The van der Waals surface area contributed by atoms with Gasteiger partial charge in [-0.1, -0.05) is 11.6 Å². The van der Waals surface area contributed by atoms with E-state index < -0.39 is 10.0 Å². The van der Waals surface area contributed by atoms with Crippen LogP contribution in [0.3, 0.4) is 0 Å². The number of pyridine rings is 2. The quantitative estimate of drug-likeness (QED) is 0.796. The second-order valence-corrected chi connectivity index (χ2v) is 7.61. The van der Waals surface area contributed by atoms with Gasteiger partial charge in [0.25, 0.3) is 10.0 Å². The lowest BCUT2D eigenvalue weighted by Crippen LogP contribution is -2.36. The van der Waals surface area contributed by atoms with Gasteiger partial charge >= 0.3 is 0 Å².